The molecule has 0 amide bonds. The van der Waals surface area contributed by atoms with Crippen LogP contribution in [-0.4, -0.2) is 4.98 Å². The van der Waals surface area contributed by atoms with E-state index < -0.39 is 17.2 Å². The average molecular weight is 274 g/mol. The molecule has 1 N–H and O–H groups in total. The molecule has 0 unspecified atom stereocenters. The first-order chi connectivity index (χ1) is 7.00. The zero-order chi connectivity index (χ0) is 11.2. The number of fused-ring (bicyclic) bond motifs is 1. The second kappa shape index (κ2) is 3.30. The smallest absolute Gasteiger partial charge is 0.372 e. The second-order valence-electron chi connectivity index (χ2n) is 3.02. The molecule has 78 valence electrons. The summed E-state index contributed by atoms with van der Waals surface area (Å²) in [4.78, 5) is 24.5. The Morgan fingerprint density at radius 3 is 2.80 bits per heavy atom. The normalized spacial score (nSPS) is 10.9. The molecule has 2 aromatic rings. The number of benzene rings is 1. The van der Waals surface area contributed by atoms with Gasteiger partial charge in [0.05, 0.1) is 15.4 Å². The molecule has 15 heavy (non-hydrogen) atoms. The lowest BCUT2D eigenvalue weighted by atomic mass is 10.1. The van der Waals surface area contributed by atoms with Crippen molar-refractivity contribution in [2.24, 2.45) is 0 Å². The van der Waals surface area contributed by atoms with Gasteiger partial charge < -0.3 is 4.42 Å². The fourth-order valence-electron chi connectivity index (χ4n) is 1.34. The number of aromatic nitrogens is 1. The lowest BCUT2D eigenvalue weighted by Gasteiger charge is -2.03. The lowest BCUT2D eigenvalue weighted by Crippen LogP contribution is -2.15. The van der Waals surface area contributed by atoms with Gasteiger partial charge in [-0.3, -0.25) is 4.98 Å². The Bertz CT molecular complexity index is 659. The third-order valence-electron chi connectivity index (χ3n) is 2.09. The number of hydrogen-bond donors (Lipinski definition) is 1. The van der Waals surface area contributed by atoms with E-state index in [1.165, 1.54) is 13.0 Å². The monoisotopic (exact) mass is 273 g/mol. The number of nitrogens with one attached hydrogen (secondary N) is 1. The summed E-state index contributed by atoms with van der Waals surface area (Å²) in [5.41, 5.74) is -0.418. The van der Waals surface area contributed by atoms with Gasteiger partial charge >= 0.3 is 11.4 Å². The molecule has 1 aromatic carbocycles. The van der Waals surface area contributed by atoms with Gasteiger partial charge in [0.15, 0.2) is 0 Å². The number of aromatic amines is 1. The van der Waals surface area contributed by atoms with E-state index in [1.54, 1.807) is 0 Å². The van der Waals surface area contributed by atoms with E-state index in [4.69, 9.17) is 0 Å². The second-order valence-corrected chi connectivity index (χ2v) is 3.88. The number of rotatable bonds is 0. The molecule has 0 aliphatic rings. The highest BCUT2D eigenvalue weighted by atomic mass is 79.9. The fourth-order valence-corrected chi connectivity index (χ4v) is 1.87. The van der Waals surface area contributed by atoms with Crippen LogP contribution >= 0.6 is 15.9 Å². The SMILES string of the molecule is Cc1c(F)c(Br)cc2c(=O)oc(=O)[nH]c12. The summed E-state index contributed by atoms with van der Waals surface area (Å²) in [5, 5.41) is 0.139. The number of aryl methyl sites for hydroxylation is 1. The third kappa shape index (κ3) is 1.50. The first-order valence-electron chi connectivity index (χ1n) is 4.02. The highest BCUT2D eigenvalue weighted by Gasteiger charge is 2.12. The van der Waals surface area contributed by atoms with Crippen LogP contribution in [0.1, 0.15) is 5.56 Å². The van der Waals surface area contributed by atoms with Crippen LogP contribution < -0.4 is 11.4 Å². The van der Waals surface area contributed by atoms with Gasteiger partial charge in [-0.15, -0.1) is 0 Å². The van der Waals surface area contributed by atoms with Crippen molar-refractivity contribution >= 4 is 26.8 Å². The summed E-state index contributed by atoms with van der Waals surface area (Å²) in [6.45, 7) is 1.47. The fraction of sp³-hybridized carbons (Fsp3) is 0.111. The largest absolute Gasteiger partial charge is 0.419 e. The van der Waals surface area contributed by atoms with Gasteiger partial charge in [-0.1, -0.05) is 0 Å². The molecule has 0 aliphatic carbocycles. The van der Waals surface area contributed by atoms with E-state index in [0.717, 1.165) is 0 Å². The Kier molecular flexibility index (Phi) is 2.22. The number of H-pyrrole nitrogens is 1. The number of halogens is 2. The molecular weight excluding hydrogens is 269 g/mol. The van der Waals surface area contributed by atoms with E-state index in [2.05, 4.69) is 25.3 Å². The Hall–Kier alpha value is -1.43. The minimum Gasteiger partial charge on any atom is -0.372 e. The number of hydrogen-bond acceptors (Lipinski definition) is 3. The van der Waals surface area contributed by atoms with Crippen molar-refractivity contribution in [3.8, 4) is 0 Å². The summed E-state index contributed by atoms with van der Waals surface area (Å²) in [6.07, 6.45) is 0. The van der Waals surface area contributed by atoms with Gasteiger partial charge in [0, 0.05) is 5.56 Å². The molecule has 0 saturated carbocycles. The van der Waals surface area contributed by atoms with Crippen LogP contribution in [0.15, 0.2) is 24.5 Å². The standard InChI is InChI=1S/C9H5BrFNO3/c1-3-6(11)5(10)2-4-7(3)12-9(14)15-8(4)13/h2H,1H3,(H,12,14). The molecule has 0 radical (unpaired) electrons. The van der Waals surface area contributed by atoms with Crippen molar-refractivity contribution in [1.82, 2.24) is 4.98 Å². The van der Waals surface area contributed by atoms with Gasteiger partial charge in [0.25, 0.3) is 0 Å². The van der Waals surface area contributed by atoms with Gasteiger partial charge in [0.1, 0.15) is 5.82 Å². The van der Waals surface area contributed by atoms with E-state index in [1.807, 2.05) is 0 Å². The molecule has 0 atom stereocenters. The van der Waals surface area contributed by atoms with Crippen molar-refractivity contribution in [3.63, 3.8) is 0 Å². The van der Waals surface area contributed by atoms with Crippen LogP contribution in [-0.2, 0) is 0 Å². The molecule has 2 rings (SSSR count). The molecule has 1 heterocycles. The average Bonchev–Trinajstić information content (AvgIpc) is 2.17. The summed E-state index contributed by atoms with van der Waals surface area (Å²) in [7, 11) is 0. The molecule has 0 aliphatic heterocycles. The van der Waals surface area contributed by atoms with E-state index in [-0.39, 0.29) is 20.9 Å². The predicted octanol–water partition coefficient (Wildman–Crippen LogP) is 1.69. The van der Waals surface area contributed by atoms with Crippen molar-refractivity contribution in [2.45, 2.75) is 6.92 Å². The zero-order valence-electron chi connectivity index (χ0n) is 7.56. The molecular formula is C9H5BrFNO3. The van der Waals surface area contributed by atoms with Gasteiger partial charge in [-0.2, -0.15) is 0 Å². The zero-order valence-corrected chi connectivity index (χ0v) is 9.14. The van der Waals surface area contributed by atoms with Crippen molar-refractivity contribution in [3.05, 3.63) is 42.9 Å². The first-order valence-corrected chi connectivity index (χ1v) is 4.81. The van der Waals surface area contributed by atoms with Crippen LogP contribution in [0.3, 0.4) is 0 Å². The molecule has 0 spiro atoms. The minimum atomic E-state index is -0.891. The van der Waals surface area contributed by atoms with Crippen LogP contribution in [0.2, 0.25) is 0 Å². The Balaban J connectivity index is 3.12. The van der Waals surface area contributed by atoms with Crippen LogP contribution in [0.5, 0.6) is 0 Å². The topological polar surface area (TPSA) is 63.1 Å². The molecule has 0 saturated heterocycles. The maximum Gasteiger partial charge on any atom is 0.419 e. The first kappa shape index (κ1) is 10.1. The third-order valence-corrected chi connectivity index (χ3v) is 2.66. The van der Waals surface area contributed by atoms with Gasteiger partial charge in [0.2, 0.25) is 0 Å². The minimum absolute atomic E-state index is 0.139. The molecule has 1 aromatic heterocycles. The van der Waals surface area contributed by atoms with Gasteiger partial charge in [-0.25, -0.2) is 14.0 Å². The van der Waals surface area contributed by atoms with Crippen molar-refractivity contribution < 1.29 is 8.81 Å². The Morgan fingerprint density at radius 2 is 2.13 bits per heavy atom. The lowest BCUT2D eigenvalue weighted by molar-refractivity contribution is 0.459. The summed E-state index contributed by atoms with van der Waals surface area (Å²) in [6, 6.07) is 1.28. The highest BCUT2D eigenvalue weighted by molar-refractivity contribution is 9.10. The molecule has 0 fully saturated rings. The van der Waals surface area contributed by atoms with Crippen molar-refractivity contribution in [1.29, 1.82) is 0 Å². The predicted molar refractivity (Wildman–Crippen MR) is 55.5 cm³/mol. The highest BCUT2D eigenvalue weighted by Crippen LogP contribution is 2.23. The molecule has 4 nitrogen and oxygen atoms in total. The van der Waals surface area contributed by atoms with Gasteiger partial charge in [-0.05, 0) is 28.9 Å². The van der Waals surface area contributed by atoms with E-state index >= 15 is 0 Å². The summed E-state index contributed by atoms with van der Waals surface area (Å²) >= 11 is 2.97. The maximum atomic E-state index is 13.4. The summed E-state index contributed by atoms with van der Waals surface area (Å²) in [5.74, 6) is -1.40. The van der Waals surface area contributed by atoms with E-state index in [9.17, 15) is 14.0 Å². The quantitative estimate of drug-likeness (QED) is 0.795. The van der Waals surface area contributed by atoms with Crippen LogP contribution in [0, 0.1) is 12.7 Å². The van der Waals surface area contributed by atoms with Crippen molar-refractivity contribution in [2.75, 3.05) is 0 Å². The Morgan fingerprint density at radius 1 is 1.47 bits per heavy atom. The summed E-state index contributed by atoms with van der Waals surface area (Å²) < 4.78 is 17.9. The van der Waals surface area contributed by atoms with E-state index in [0.29, 0.717) is 0 Å². The van der Waals surface area contributed by atoms with Crippen LogP contribution in [0.25, 0.3) is 10.9 Å². The Labute approximate surface area is 90.9 Å². The molecule has 0 bridgehead atoms. The molecule has 6 heteroatoms. The van der Waals surface area contributed by atoms with Crippen LogP contribution in [0.4, 0.5) is 4.39 Å². The maximum absolute atomic E-state index is 13.4.